The zero-order valence-electron chi connectivity index (χ0n) is 31.0. The first kappa shape index (κ1) is 37.9. The second kappa shape index (κ2) is 14.7. The van der Waals surface area contributed by atoms with E-state index in [4.69, 9.17) is 9.47 Å². The van der Waals surface area contributed by atoms with Gasteiger partial charge in [0.25, 0.3) is 5.91 Å². The van der Waals surface area contributed by atoms with Crippen LogP contribution in [0.3, 0.4) is 0 Å². The number of ether oxygens (including phenoxy) is 2. The quantitative estimate of drug-likeness (QED) is 0.346. The number of allylic oxidation sites excluding steroid dienone is 1. The van der Waals surface area contributed by atoms with Crippen molar-refractivity contribution in [3.63, 3.8) is 0 Å². The number of carbonyl (C=O) groups is 5. The molecular formula is C39H51N5O9S. The second-order valence-electron chi connectivity index (χ2n) is 16.4. The summed E-state index contributed by atoms with van der Waals surface area (Å²) in [5, 5.41) is 5.00. The Morgan fingerprint density at radius 2 is 1.81 bits per heavy atom. The highest BCUT2D eigenvalue weighted by atomic mass is 32.2. The first-order valence-electron chi connectivity index (χ1n) is 19.2. The number of sulfonamides is 1. The van der Waals surface area contributed by atoms with Gasteiger partial charge in [0.05, 0.1) is 18.3 Å². The summed E-state index contributed by atoms with van der Waals surface area (Å²) in [6.45, 7) is 7.97. The number of carbonyl (C=O) groups excluding carboxylic acids is 5. The lowest BCUT2D eigenvalue weighted by atomic mass is 9.83. The second-order valence-corrected chi connectivity index (χ2v) is 18.3. The minimum Gasteiger partial charge on any atom is -0.444 e. The van der Waals surface area contributed by atoms with Gasteiger partial charge in [-0.05, 0) is 81.4 Å². The monoisotopic (exact) mass is 765 g/mol. The molecule has 3 saturated carbocycles. The maximum absolute atomic E-state index is 14.7. The number of benzene rings is 1. The Labute approximate surface area is 316 Å². The molecule has 3 N–H and O–H groups in total. The summed E-state index contributed by atoms with van der Waals surface area (Å²) in [5.74, 6) is -2.81. The van der Waals surface area contributed by atoms with Crippen molar-refractivity contribution in [1.29, 1.82) is 0 Å². The molecule has 4 fully saturated rings. The van der Waals surface area contributed by atoms with Crippen LogP contribution in [0, 0.1) is 11.8 Å². The van der Waals surface area contributed by atoms with Crippen molar-refractivity contribution in [2.45, 2.75) is 132 Å². The SMILES string of the molecule is C=C[C@H]1C[C@]1(NC(=O)[C@@H]1C[C@@H]2CN1C(=O)[C@H](C1CCCCC1)NC(=O)OC(C)(C)CC/C=C/c1cccc3c1CN(C3)C(=O)O2)C(=O)NS(=O)(=O)C1CC1. The van der Waals surface area contributed by atoms with Crippen LogP contribution in [0.25, 0.3) is 6.08 Å². The molecule has 1 saturated heterocycles. The number of hydrogen-bond acceptors (Lipinski definition) is 9. The number of nitrogens with one attached hydrogen (secondary N) is 3. The molecule has 1 aromatic rings. The zero-order chi connectivity index (χ0) is 38.4. The first-order chi connectivity index (χ1) is 25.7. The van der Waals surface area contributed by atoms with E-state index in [1.54, 1.807) is 4.90 Å². The highest BCUT2D eigenvalue weighted by Gasteiger charge is 2.62. The first-order valence-corrected chi connectivity index (χ1v) is 20.8. The van der Waals surface area contributed by atoms with Crippen LogP contribution >= 0.6 is 0 Å². The molecule has 3 aliphatic heterocycles. The van der Waals surface area contributed by atoms with E-state index in [0.29, 0.717) is 51.6 Å². The number of cyclic esters (lactones) is 1. The van der Waals surface area contributed by atoms with Crippen LogP contribution in [0.5, 0.6) is 0 Å². The van der Waals surface area contributed by atoms with Crippen molar-refractivity contribution in [3.05, 3.63) is 53.6 Å². The van der Waals surface area contributed by atoms with Gasteiger partial charge < -0.3 is 25.0 Å². The van der Waals surface area contributed by atoms with Crippen LogP contribution in [-0.2, 0) is 47.0 Å². The Balaban J connectivity index is 1.19. The predicted octanol–water partition coefficient (Wildman–Crippen LogP) is 4.04. The topological polar surface area (TPSA) is 181 Å². The van der Waals surface area contributed by atoms with Crippen LogP contribution in [0.15, 0.2) is 36.9 Å². The molecule has 3 heterocycles. The third-order valence-corrected chi connectivity index (χ3v) is 13.7. The number of amides is 5. The van der Waals surface area contributed by atoms with E-state index in [0.717, 1.165) is 36.0 Å². The highest BCUT2D eigenvalue weighted by Crippen LogP contribution is 2.45. The van der Waals surface area contributed by atoms with Crippen LogP contribution in [0.4, 0.5) is 9.59 Å². The Hall–Kier alpha value is -4.40. The molecule has 54 heavy (non-hydrogen) atoms. The average molecular weight is 766 g/mol. The summed E-state index contributed by atoms with van der Waals surface area (Å²) in [7, 11) is -3.91. The van der Waals surface area contributed by atoms with Crippen molar-refractivity contribution in [2.75, 3.05) is 6.54 Å². The van der Waals surface area contributed by atoms with E-state index in [-0.39, 0.29) is 25.3 Å². The van der Waals surface area contributed by atoms with Gasteiger partial charge in [-0.25, -0.2) is 18.0 Å². The van der Waals surface area contributed by atoms with Gasteiger partial charge in [0.2, 0.25) is 21.8 Å². The molecule has 5 amide bonds. The molecule has 6 aliphatic rings. The molecule has 14 nitrogen and oxygen atoms in total. The van der Waals surface area contributed by atoms with Gasteiger partial charge >= 0.3 is 12.2 Å². The van der Waals surface area contributed by atoms with Crippen LogP contribution < -0.4 is 15.4 Å². The smallest absolute Gasteiger partial charge is 0.410 e. The molecule has 15 heteroatoms. The molecule has 0 spiro atoms. The molecule has 292 valence electrons. The third-order valence-electron chi connectivity index (χ3n) is 11.9. The molecule has 3 aliphatic carbocycles. The number of alkyl carbamates (subject to hydrolysis) is 1. The summed E-state index contributed by atoms with van der Waals surface area (Å²) in [4.78, 5) is 72.7. The summed E-state index contributed by atoms with van der Waals surface area (Å²) in [6.07, 6.45) is 9.56. The van der Waals surface area contributed by atoms with E-state index < -0.39 is 80.4 Å². The fraction of sp³-hybridized carbons (Fsp3) is 0.615. The molecule has 7 rings (SSSR count). The van der Waals surface area contributed by atoms with E-state index in [9.17, 15) is 32.4 Å². The number of hydrogen-bond donors (Lipinski definition) is 3. The maximum atomic E-state index is 14.7. The van der Waals surface area contributed by atoms with Gasteiger partial charge in [-0.1, -0.05) is 55.7 Å². The Kier molecular flexibility index (Phi) is 10.3. The fourth-order valence-electron chi connectivity index (χ4n) is 8.47. The van der Waals surface area contributed by atoms with Gasteiger partial charge in [0, 0.05) is 18.9 Å². The van der Waals surface area contributed by atoms with Crippen LogP contribution in [0.2, 0.25) is 0 Å². The van der Waals surface area contributed by atoms with Gasteiger partial charge in [-0.15, -0.1) is 6.58 Å². The minimum absolute atomic E-state index is 0.0657. The highest BCUT2D eigenvalue weighted by molar-refractivity contribution is 7.91. The minimum atomic E-state index is -3.91. The van der Waals surface area contributed by atoms with Gasteiger partial charge in [0.15, 0.2) is 0 Å². The number of nitrogens with zero attached hydrogens (tertiary/aromatic N) is 2. The zero-order valence-corrected chi connectivity index (χ0v) is 31.8. The van der Waals surface area contributed by atoms with E-state index in [1.807, 2.05) is 44.2 Å². The fourth-order valence-corrected chi connectivity index (χ4v) is 9.84. The third kappa shape index (κ3) is 7.87. The van der Waals surface area contributed by atoms with Crippen molar-refractivity contribution < 1.29 is 41.9 Å². The number of rotatable bonds is 7. The standard InChI is InChI=1S/C39H51N5O9S/c1-4-27-20-39(27,35(47)42-54(50,51)29-16-17-29)41-33(45)31-19-28-22-44(31)34(46)32(25-12-6-5-7-13-25)40-36(48)53-38(2,3)18-9-8-11-24-14-10-15-26-21-43(23-30(24)26)37(49)52-28/h4,8,10-11,14-15,25,27-29,31-32H,1,5-7,9,12-13,16-23H2,2-3H3,(H,40,48)(H,41,45)(H,42,47)/b11-8+/t27-,28+,31-,32-,39+/m0/s1. The molecule has 0 aromatic heterocycles. The van der Waals surface area contributed by atoms with E-state index in [1.165, 1.54) is 11.0 Å². The number of fused-ring (bicyclic) bond motifs is 3. The molecule has 0 radical (unpaired) electrons. The summed E-state index contributed by atoms with van der Waals surface area (Å²) in [6, 6.07) is 3.69. The van der Waals surface area contributed by atoms with E-state index in [2.05, 4.69) is 21.9 Å². The average Bonchev–Trinajstić information content (AvgIpc) is 4.02. The van der Waals surface area contributed by atoms with Gasteiger partial charge in [-0.3, -0.25) is 24.0 Å². The Morgan fingerprint density at radius 3 is 2.52 bits per heavy atom. The maximum Gasteiger partial charge on any atom is 0.410 e. The van der Waals surface area contributed by atoms with Crippen molar-refractivity contribution in [2.24, 2.45) is 11.8 Å². The lowest BCUT2D eigenvalue weighted by molar-refractivity contribution is -0.142. The molecule has 0 unspecified atom stereocenters. The van der Waals surface area contributed by atoms with Crippen molar-refractivity contribution in [1.82, 2.24) is 25.2 Å². The lowest BCUT2D eigenvalue weighted by Crippen LogP contribution is -2.59. The van der Waals surface area contributed by atoms with Crippen molar-refractivity contribution in [3.8, 4) is 0 Å². The molecule has 4 bridgehead atoms. The van der Waals surface area contributed by atoms with Crippen LogP contribution in [0.1, 0.15) is 101 Å². The molecule has 1 aromatic carbocycles. The largest absolute Gasteiger partial charge is 0.444 e. The summed E-state index contributed by atoms with van der Waals surface area (Å²) < 4.78 is 39.5. The molecule has 5 atom stereocenters. The Bertz CT molecular complexity index is 1850. The normalized spacial score (nSPS) is 30.8. The predicted molar refractivity (Wildman–Crippen MR) is 198 cm³/mol. The Morgan fingerprint density at radius 1 is 1.06 bits per heavy atom. The lowest BCUT2D eigenvalue weighted by Gasteiger charge is -2.35. The summed E-state index contributed by atoms with van der Waals surface area (Å²) in [5.41, 5.74) is 0.542. The van der Waals surface area contributed by atoms with E-state index >= 15 is 0 Å². The molecular weight excluding hydrogens is 715 g/mol. The summed E-state index contributed by atoms with van der Waals surface area (Å²) >= 11 is 0. The van der Waals surface area contributed by atoms with Gasteiger partial charge in [-0.2, -0.15) is 0 Å². The van der Waals surface area contributed by atoms with Crippen LogP contribution in [-0.4, -0.2) is 89.2 Å². The van der Waals surface area contributed by atoms with Gasteiger partial charge in [0.1, 0.15) is 29.3 Å². The van der Waals surface area contributed by atoms with Crippen molar-refractivity contribution >= 4 is 46.0 Å².